The quantitative estimate of drug-likeness (QED) is 0.330. The number of ether oxygens (including phenoxy) is 3. The normalized spacial score (nSPS) is 14.3. The summed E-state index contributed by atoms with van der Waals surface area (Å²) in [5, 5.41) is 0.684. The number of esters is 1. The summed E-state index contributed by atoms with van der Waals surface area (Å²) in [6.07, 6.45) is 1.66. The average molecular weight is 448 g/mol. The predicted octanol–water partition coefficient (Wildman–Crippen LogP) is 5.97. The van der Waals surface area contributed by atoms with Crippen LogP contribution in [0.25, 0.3) is 6.08 Å². The van der Waals surface area contributed by atoms with E-state index in [2.05, 4.69) is 4.99 Å². The van der Waals surface area contributed by atoms with Crippen LogP contribution >= 0.6 is 11.6 Å². The van der Waals surface area contributed by atoms with E-state index in [1.165, 1.54) is 0 Å². The summed E-state index contributed by atoms with van der Waals surface area (Å²) in [5.41, 5.74) is 3.81. The Bertz CT molecular complexity index is 1180. The summed E-state index contributed by atoms with van der Waals surface area (Å²) >= 11 is 5.93. The number of hydrogen-bond acceptors (Lipinski definition) is 5. The minimum absolute atomic E-state index is 0.219. The van der Waals surface area contributed by atoms with Gasteiger partial charge in [-0.05, 0) is 61.9 Å². The second kappa shape index (κ2) is 9.71. The van der Waals surface area contributed by atoms with E-state index in [1.807, 2.05) is 74.5 Å². The lowest BCUT2D eigenvalue weighted by atomic mass is 10.1. The van der Waals surface area contributed by atoms with Gasteiger partial charge in [0.25, 0.3) is 0 Å². The van der Waals surface area contributed by atoms with Crippen LogP contribution in [0, 0.1) is 6.92 Å². The monoisotopic (exact) mass is 447 g/mol. The zero-order chi connectivity index (χ0) is 22.5. The molecule has 32 heavy (non-hydrogen) atoms. The average Bonchev–Trinajstić information content (AvgIpc) is 3.15. The molecular weight excluding hydrogens is 426 g/mol. The molecule has 0 aliphatic carbocycles. The van der Waals surface area contributed by atoms with E-state index >= 15 is 0 Å². The Balaban J connectivity index is 1.55. The van der Waals surface area contributed by atoms with Gasteiger partial charge in [-0.1, -0.05) is 41.4 Å². The summed E-state index contributed by atoms with van der Waals surface area (Å²) in [6, 6.07) is 20.6. The molecule has 0 saturated heterocycles. The van der Waals surface area contributed by atoms with E-state index in [9.17, 15) is 4.79 Å². The Morgan fingerprint density at radius 3 is 2.47 bits per heavy atom. The molecule has 0 bridgehead atoms. The van der Waals surface area contributed by atoms with Crippen LogP contribution in [0.15, 0.2) is 77.4 Å². The molecule has 0 saturated carbocycles. The number of rotatable bonds is 7. The summed E-state index contributed by atoms with van der Waals surface area (Å²) in [7, 11) is 0. The molecule has 4 rings (SSSR count). The molecule has 1 aliphatic rings. The van der Waals surface area contributed by atoms with Crippen LogP contribution < -0.4 is 9.47 Å². The molecule has 0 atom stereocenters. The SMILES string of the molecule is CCOc1cc(OCc2ccc(Cl)cc2)ccc1/C=C1/N=C(c2ccc(C)cc2)OC1=O. The Labute approximate surface area is 191 Å². The maximum absolute atomic E-state index is 12.4. The van der Waals surface area contributed by atoms with Crippen molar-refractivity contribution in [3.05, 3.63) is 99.7 Å². The third-order valence-corrected chi connectivity index (χ3v) is 5.07. The Morgan fingerprint density at radius 2 is 1.75 bits per heavy atom. The fourth-order valence-corrected chi connectivity index (χ4v) is 3.25. The highest BCUT2D eigenvalue weighted by Crippen LogP contribution is 2.29. The number of cyclic esters (lactones) is 1. The lowest BCUT2D eigenvalue weighted by molar-refractivity contribution is -0.129. The van der Waals surface area contributed by atoms with E-state index in [1.54, 1.807) is 12.1 Å². The Hall–Kier alpha value is -3.57. The van der Waals surface area contributed by atoms with Crippen LogP contribution in [0.3, 0.4) is 0 Å². The molecule has 6 heteroatoms. The van der Waals surface area contributed by atoms with Gasteiger partial charge in [0.15, 0.2) is 5.70 Å². The second-order valence-electron chi connectivity index (χ2n) is 7.25. The van der Waals surface area contributed by atoms with Crippen LogP contribution in [0.1, 0.15) is 29.2 Å². The molecule has 0 radical (unpaired) electrons. The van der Waals surface area contributed by atoms with Crippen LogP contribution in [-0.2, 0) is 16.1 Å². The van der Waals surface area contributed by atoms with E-state index < -0.39 is 5.97 Å². The highest BCUT2D eigenvalue weighted by Gasteiger charge is 2.24. The van der Waals surface area contributed by atoms with E-state index in [-0.39, 0.29) is 5.70 Å². The van der Waals surface area contributed by atoms with Crippen molar-refractivity contribution >= 4 is 29.5 Å². The molecule has 0 aromatic heterocycles. The lowest BCUT2D eigenvalue weighted by Gasteiger charge is -2.11. The molecule has 0 fully saturated rings. The molecule has 0 N–H and O–H groups in total. The molecule has 1 heterocycles. The first-order chi connectivity index (χ1) is 15.5. The number of benzene rings is 3. The largest absolute Gasteiger partial charge is 0.493 e. The fraction of sp³-hybridized carbons (Fsp3) is 0.154. The van der Waals surface area contributed by atoms with Gasteiger partial charge >= 0.3 is 5.97 Å². The van der Waals surface area contributed by atoms with Crippen molar-refractivity contribution < 1.29 is 19.0 Å². The number of aryl methyl sites for hydroxylation is 1. The number of carbonyl (C=O) groups is 1. The minimum atomic E-state index is -0.494. The molecule has 3 aromatic carbocycles. The van der Waals surface area contributed by atoms with E-state index in [0.717, 1.165) is 16.7 Å². The van der Waals surface area contributed by atoms with Crippen LogP contribution in [0.4, 0.5) is 0 Å². The standard InChI is InChI=1S/C26H22ClNO4/c1-3-30-24-15-22(31-16-18-6-11-21(27)12-7-18)13-10-20(24)14-23-26(29)32-25(28-23)19-8-4-17(2)5-9-19/h4-15H,3,16H2,1-2H3/b23-14+. The van der Waals surface area contributed by atoms with Crippen molar-refractivity contribution in [3.63, 3.8) is 0 Å². The molecule has 0 unspecified atom stereocenters. The number of nitrogens with zero attached hydrogens (tertiary/aromatic N) is 1. The molecule has 0 amide bonds. The smallest absolute Gasteiger partial charge is 0.363 e. The molecular formula is C26H22ClNO4. The van der Waals surface area contributed by atoms with Crippen LogP contribution in [0.5, 0.6) is 11.5 Å². The number of hydrogen-bond donors (Lipinski definition) is 0. The Morgan fingerprint density at radius 1 is 1.00 bits per heavy atom. The van der Waals surface area contributed by atoms with Crippen molar-refractivity contribution in [3.8, 4) is 11.5 Å². The fourth-order valence-electron chi connectivity index (χ4n) is 3.13. The van der Waals surface area contributed by atoms with Crippen molar-refractivity contribution in [1.29, 1.82) is 0 Å². The first-order valence-corrected chi connectivity index (χ1v) is 10.6. The van der Waals surface area contributed by atoms with Crippen molar-refractivity contribution in [1.82, 2.24) is 0 Å². The van der Waals surface area contributed by atoms with Gasteiger partial charge in [0.2, 0.25) is 5.90 Å². The van der Waals surface area contributed by atoms with Gasteiger partial charge in [-0.2, -0.15) is 0 Å². The summed E-state index contributed by atoms with van der Waals surface area (Å²) in [5.74, 6) is 1.05. The van der Waals surface area contributed by atoms with Crippen molar-refractivity contribution in [2.24, 2.45) is 4.99 Å². The van der Waals surface area contributed by atoms with Gasteiger partial charge in [-0.15, -0.1) is 0 Å². The summed E-state index contributed by atoms with van der Waals surface area (Å²) in [4.78, 5) is 16.7. The van der Waals surface area contributed by atoms with Gasteiger partial charge in [0.1, 0.15) is 18.1 Å². The third kappa shape index (κ3) is 5.18. The summed E-state index contributed by atoms with van der Waals surface area (Å²) < 4.78 is 17.0. The minimum Gasteiger partial charge on any atom is -0.493 e. The number of aliphatic imine (C=N–C) groups is 1. The second-order valence-corrected chi connectivity index (χ2v) is 7.69. The zero-order valence-corrected chi connectivity index (χ0v) is 18.6. The van der Waals surface area contributed by atoms with Gasteiger partial charge in [0.05, 0.1) is 6.61 Å². The van der Waals surface area contributed by atoms with Crippen LogP contribution in [0.2, 0.25) is 5.02 Å². The van der Waals surface area contributed by atoms with E-state index in [0.29, 0.717) is 41.2 Å². The van der Waals surface area contributed by atoms with Gasteiger partial charge in [-0.25, -0.2) is 9.79 Å². The van der Waals surface area contributed by atoms with Crippen LogP contribution in [-0.4, -0.2) is 18.5 Å². The number of halogens is 1. The highest BCUT2D eigenvalue weighted by molar-refractivity contribution is 6.30. The number of carbonyl (C=O) groups excluding carboxylic acids is 1. The molecule has 3 aromatic rings. The maximum atomic E-state index is 12.4. The summed E-state index contributed by atoms with van der Waals surface area (Å²) in [6.45, 7) is 4.77. The highest BCUT2D eigenvalue weighted by atomic mass is 35.5. The van der Waals surface area contributed by atoms with Gasteiger partial charge < -0.3 is 14.2 Å². The van der Waals surface area contributed by atoms with Crippen molar-refractivity contribution in [2.75, 3.05) is 6.61 Å². The Kier molecular flexibility index (Phi) is 6.57. The zero-order valence-electron chi connectivity index (χ0n) is 17.8. The van der Waals surface area contributed by atoms with Gasteiger partial charge in [0, 0.05) is 22.2 Å². The van der Waals surface area contributed by atoms with Crippen molar-refractivity contribution in [2.45, 2.75) is 20.5 Å². The van der Waals surface area contributed by atoms with Gasteiger partial charge in [-0.3, -0.25) is 0 Å². The predicted molar refractivity (Wildman–Crippen MR) is 125 cm³/mol. The molecule has 162 valence electrons. The molecule has 1 aliphatic heterocycles. The van der Waals surface area contributed by atoms with E-state index in [4.69, 9.17) is 25.8 Å². The molecule has 5 nitrogen and oxygen atoms in total. The first-order valence-electron chi connectivity index (χ1n) is 10.3. The maximum Gasteiger partial charge on any atom is 0.363 e. The lowest BCUT2D eigenvalue weighted by Crippen LogP contribution is -2.05. The first kappa shape index (κ1) is 21.7. The third-order valence-electron chi connectivity index (χ3n) is 4.81. The topological polar surface area (TPSA) is 57.1 Å². The molecule has 0 spiro atoms.